The molecule has 0 radical (unpaired) electrons. The molecule has 1 aromatic heterocycles. The number of nitrogens with zero attached hydrogens (tertiary/aromatic N) is 2. The highest BCUT2D eigenvalue weighted by atomic mass is 32.2. The average molecular weight is 276 g/mol. The molecular weight excluding hydrogens is 260 g/mol. The summed E-state index contributed by atoms with van der Waals surface area (Å²) in [6, 6.07) is 0. The van der Waals surface area contributed by atoms with Gasteiger partial charge < -0.3 is 5.32 Å². The molecule has 2 heterocycles. The SMILES string of the molecule is Cc1nnc(NS(=O)(=O)CC2CCNCC2)s1. The van der Waals surface area contributed by atoms with Crippen LogP contribution in [0.25, 0.3) is 0 Å². The van der Waals surface area contributed by atoms with Gasteiger partial charge in [-0.25, -0.2) is 8.42 Å². The molecule has 0 saturated carbocycles. The lowest BCUT2D eigenvalue weighted by molar-refractivity contribution is 0.402. The van der Waals surface area contributed by atoms with Crippen molar-refractivity contribution in [1.29, 1.82) is 0 Å². The summed E-state index contributed by atoms with van der Waals surface area (Å²) in [6.45, 7) is 3.60. The van der Waals surface area contributed by atoms with Gasteiger partial charge in [-0.15, -0.1) is 10.2 Å². The molecule has 0 aromatic carbocycles. The first-order chi connectivity index (χ1) is 8.05. The van der Waals surface area contributed by atoms with Gasteiger partial charge in [0.2, 0.25) is 15.2 Å². The van der Waals surface area contributed by atoms with E-state index in [1.54, 1.807) is 6.92 Å². The van der Waals surface area contributed by atoms with Gasteiger partial charge in [0.15, 0.2) is 0 Å². The van der Waals surface area contributed by atoms with E-state index in [0.717, 1.165) is 30.9 Å². The van der Waals surface area contributed by atoms with Crippen molar-refractivity contribution < 1.29 is 8.42 Å². The smallest absolute Gasteiger partial charge is 0.234 e. The number of hydrogen-bond donors (Lipinski definition) is 2. The number of nitrogens with one attached hydrogen (secondary N) is 2. The Labute approximate surface area is 105 Å². The molecular formula is C9H16N4O2S2. The van der Waals surface area contributed by atoms with Crippen LogP contribution in [0.3, 0.4) is 0 Å². The van der Waals surface area contributed by atoms with Gasteiger partial charge in [-0.05, 0) is 38.8 Å². The quantitative estimate of drug-likeness (QED) is 0.841. The number of rotatable bonds is 4. The van der Waals surface area contributed by atoms with E-state index in [0.29, 0.717) is 5.13 Å². The number of hydrogen-bond acceptors (Lipinski definition) is 6. The molecule has 0 bridgehead atoms. The van der Waals surface area contributed by atoms with Gasteiger partial charge in [0.1, 0.15) is 5.01 Å². The van der Waals surface area contributed by atoms with Crippen molar-refractivity contribution in [3.8, 4) is 0 Å². The maximum absolute atomic E-state index is 11.9. The number of aromatic nitrogens is 2. The molecule has 1 fully saturated rings. The van der Waals surface area contributed by atoms with Gasteiger partial charge >= 0.3 is 0 Å². The van der Waals surface area contributed by atoms with Crippen LogP contribution in [0.5, 0.6) is 0 Å². The molecule has 0 unspecified atom stereocenters. The highest BCUT2D eigenvalue weighted by Gasteiger charge is 2.22. The monoisotopic (exact) mass is 276 g/mol. The largest absolute Gasteiger partial charge is 0.317 e. The summed E-state index contributed by atoms with van der Waals surface area (Å²) < 4.78 is 26.3. The molecule has 96 valence electrons. The second kappa shape index (κ2) is 5.28. The van der Waals surface area contributed by atoms with Crippen molar-refractivity contribution in [1.82, 2.24) is 15.5 Å². The summed E-state index contributed by atoms with van der Waals surface area (Å²) in [5, 5.41) is 11.9. The lowest BCUT2D eigenvalue weighted by Gasteiger charge is -2.22. The van der Waals surface area contributed by atoms with E-state index in [4.69, 9.17) is 0 Å². The van der Waals surface area contributed by atoms with E-state index >= 15 is 0 Å². The first kappa shape index (κ1) is 12.7. The van der Waals surface area contributed by atoms with Gasteiger partial charge in [0.05, 0.1) is 5.75 Å². The normalized spacial score (nSPS) is 18.2. The molecule has 1 aliphatic rings. The molecule has 1 aliphatic heterocycles. The minimum atomic E-state index is -3.29. The molecule has 6 nitrogen and oxygen atoms in total. The molecule has 1 saturated heterocycles. The van der Waals surface area contributed by atoms with E-state index in [-0.39, 0.29) is 11.7 Å². The van der Waals surface area contributed by atoms with Crippen LogP contribution in [0.1, 0.15) is 17.8 Å². The Bertz CT molecular complexity index is 465. The van der Waals surface area contributed by atoms with Crippen LogP contribution >= 0.6 is 11.3 Å². The average Bonchev–Trinajstić information content (AvgIpc) is 2.63. The van der Waals surface area contributed by atoms with E-state index in [1.807, 2.05) is 0 Å². The van der Waals surface area contributed by atoms with E-state index < -0.39 is 10.0 Å². The molecule has 2 rings (SSSR count). The summed E-state index contributed by atoms with van der Waals surface area (Å²) >= 11 is 1.25. The predicted molar refractivity (Wildman–Crippen MR) is 67.6 cm³/mol. The van der Waals surface area contributed by atoms with E-state index in [1.165, 1.54) is 11.3 Å². The maximum atomic E-state index is 11.9. The Morgan fingerprint density at radius 3 is 2.71 bits per heavy atom. The Balaban J connectivity index is 1.94. The van der Waals surface area contributed by atoms with Gasteiger partial charge in [-0.3, -0.25) is 4.72 Å². The maximum Gasteiger partial charge on any atom is 0.234 e. The molecule has 0 aliphatic carbocycles. The van der Waals surface area contributed by atoms with Crippen molar-refractivity contribution in [3.05, 3.63) is 5.01 Å². The van der Waals surface area contributed by atoms with Crippen LogP contribution in [-0.2, 0) is 10.0 Å². The fourth-order valence-corrected chi connectivity index (χ4v) is 4.21. The van der Waals surface area contributed by atoms with Crippen LogP contribution < -0.4 is 10.0 Å². The summed E-state index contributed by atoms with van der Waals surface area (Å²) in [7, 11) is -3.29. The molecule has 2 N–H and O–H groups in total. The Morgan fingerprint density at radius 1 is 1.41 bits per heavy atom. The number of sulfonamides is 1. The van der Waals surface area contributed by atoms with Crippen LogP contribution in [-0.4, -0.2) is 37.5 Å². The zero-order valence-corrected chi connectivity index (χ0v) is 11.3. The highest BCUT2D eigenvalue weighted by Crippen LogP contribution is 2.19. The van der Waals surface area contributed by atoms with Crippen molar-refractivity contribution in [2.75, 3.05) is 23.6 Å². The molecule has 8 heteroatoms. The lowest BCUT2D eigenvalue weighted by Crippen LogP contribution is -2.33. The third kappa shape index (κ3) is 3.90. The van der Waals surface area contributed by atoms with Crippen LogP contribution in [0.4, 0.5) is 5.13 Å². The van der Waals surface area contributed by atoms with Gasteiger partial charge in [-0.1, -0.05) is 11.3 Å². The van der Waals surface area contributed by atoms with Gasteiger partial charge in [-0.2, -0.15) is 0 Å². The summed E-state index contributed by atoms with van der Waals surface area (Å²) in [6.07, 6.45) is 1.83. The first-order valence-corrected chi connectivity index (χ1v) is 8.03. The zero-order valence-electron chi connectivity index (χ0n) is 9.64. The van der Waals surface area contributed by atoms with Crippen molar-refractivity contribution >= 4 is 26.5 Å². The van der Waals surface area contributed by atoms with E-state index in [9.17, 15) is 8.42 Å². The Hall–Kier alpha value is -0.730. The van der Waals surface area contributed by atoms with Crippen LogP contribution in [0.2, 0.25) is 0 Å². The zero-order chi connectivity index (χ0) is 12.3. The van der Waals surface area contributed by atoms with Gasteiger partial charge in [0, 0.05) is 0 Å². The fraction of sp³-hybridized carbons (Fsp3) is 0.778. The van der Waals surface area contributed by atoms with Crippen molar-refractivity contribution in [3.63, 3.8) is 0 Å². The molecule has 17 heavy (non-hydrogen) atoms. The Kier molecular flexibility index (Phi) is 3.95. The molecule has 0 atom stereocenters. The third-order valence-electron chi connectivity index (χ3n) is 2.68. The highest BCUT2D eigenvalue weighted by molar-refractivity contribution is 7.92. The lowest BCUT2D eigenvalue weighted by atomic mass is 10.0. The van der Waals surface area contributed by atoms with Crippen molar-refractivity contribution in [2.45, 2.75) is 19.8 Å². The number of aryl methyl sites for hydroxylation is 1. The summed E-state index contributed by atoms with van der Waals surface area (Å²) in [4.78, 5) is 0. The second-order valence-electron chi connectivity index (χ2n) is 4.20. The molecule has 0 spiro atoms. The minimum Gasteiger partial charge on any atom is -0.317 e. The standard InChI is InChI=1S/C9H16N4O2S2/c1-7-11-12-9(16-7)13-17(14,15)6-8-2-4-10-5-3-8/h8,10H,2-6H2,1H3,(H,12,13). The Morgan fingerprint density at radius 2 is 2.12 bits per heavy atom. The molecule has 1 aromatic rings. The molecule has 0 amide bonds. The van der Waals surface area contributed by atoms with Crippen LogP contribution in [0, 0.1) is 12.8 Å². The third-order valence-corrected chi connectivity index (χ3v) is 4.98. The number of piperidine rings is 1. The van der Waals surface area contributed by atoms with Crippen molar-refractivity contribution in [2.24, 2.45) is 5.92 Å². The topological polar surface area (TPSA) is 84.0 Å². The summed E-state index contributed by atoms with van der Waals surface area (Å²) in [5.74, 6) is 0.413. The first-order valence-electron chi connectivity index (χ1n) is 5.56. The minimum absolute atomic E-state index is 0.174. The van der Waals surface area contributed by atoms with Crippen LogP contribution in [0.15, 0.2) is 0 Å². The number of anilines is 1. The fourth-order valence-electron chi connectivity index (χ4n) is 1.87. The second-order valence-corrected chi connectivity index (χ2v) is 7.15. The van der Waals surface area contributed by atoms with E-state index in [2.05, 4.69) is 20.2 Å². The van der Waals surface area contributed by atoms with Gasteiger partial charge in [0.25, 0.3) is 0 Å². The summed E-state index contributed by atoms with van der Waals surface area (Å²) in [5.41, 5.74) is 0. The predicted octanol–water partition coefficient (Wildman–Crippen LogP) is 0.588.